The first-order chi connectivity index (χ1) is 16.7. The molecule has 0 saturated heterocycles. The number of nitrogens with zero attached hydrogens (tertiary/aromatic N) is 4. The minimum Gasteiger partial charge on any atom is -0.390 e. The van der Waals surface area contributed by atoms with Crippen LogP contribution in [0.4, 0.5) is 5.95 Å². The first kappa shape index (κ1) is 22.9. The van der Waals surface area contributed by atoms with Crippen LogP contribution in [-0.2, 0) is 6.54 Å². The maximum atomic E-state index is 13.1. The van der Waals surface area contributed by atoms with Gasteiger partial charge in [0.1, 0.15) is 5.69 Å². The average molecular weight is 489 g/mol. The summed E-state index contributed by atoms with van der Waals surface area (Å²) in [5, 5.41) is 13.2. The highest BCUT2D eigenvalue weighted by Crippen LogP contribution is 2.29. The highest BCUT2D eigenvalue weighted by molar-refractivity contribution is 7.17. The number of pyridine rings is 1. The van der Waals surface area contributed by atoms with Gasteiger partial charge < -0.3 is 14.7 Å². The van der Waals surface area contributed by atoms with Crippen molar-refractivity contribution in [3.63, 3.8) is 0 Å². The van der Waals surface area contributed by atoms with Crippen LogP contribution in [-0.4, -0.2) is 41.1 Å². The Labute approximate surface area is 204 Å². The van der Waals surface area contributed by atoms with Crippen LogP contribution in [0.15, 0.2) is 53.6 Å². The van der Waals surface area contributed by atoms with Gasteiger partial charge in [0.05, 0.1) is 32.5 Å². The molecule has 4 aromatic heterocycles. The number of thiophene rings is 1. The predicted molar refractivity (Wildman–Crippen MR) is 137 cm³/mol. The van der Waals surface area contributed by atoms with Gasteiger partial charge >= 0.3 is 0 Å². The Hall–Kier alpha value is -3.89. The van der Waals surface area contributed by atoms with Gasteiger partial charge in [-0.2, -0.15) is 0 Å². The zero-order valence-corrected chi connectivity index (χ0v) is 20.3. The first-order valence-corrected chi connectivity index (χ1v) is 11.9. The molecule has 5 aromatic rings. The second kappa shape index (κ2) is 8.71. The third kappa shape index (κ3) is 4.71. The van der Waals surface area contributed by atoms with Crippen LogP contribution in [0.5, 0.6) is 0 Å². The maximum Gasteiger partial charge on any atom is 0.269 e. The molecule has 1 aromatic carbocycles. The van der Waals surface area contributed by atoms with E-state index < -0.39 is 5.60 Å². The molecular formula is C25H24N6O3S. The fraction of sp³-hybridized carbons (Fsp3) is 0.240. The van der Waals surface area contributed by atoms with Gasteiger partial charge in [-0.05, 0) is 69.2 Å². The van der Waals surface area contributed by atoms with Gasteiger partial charge in [0.2, 0.25) is 5.95 Å². The summed E-state index contributed by atoms with van der Waals surface area (Å²) in [6.45, 7) is 5.56. The lowest BCUT2D eigenvalue weighted by Gasteiger charge is -2.18. The average Bonchev–Trinajstić information content (AvgIpc) is 3.42. The Morgan fingerprint density at radius 3 is 2.66 bits per heavy atom. The number of aromatic amines is 1. The van der Waals surface area contributed by atoms with Crippen molar-refractivity contribution in [1.29, 1.82) is 0 Å². The lowest BCUT2D eigenvalue weighted by Crippen LogP contribution is -2.22. The summed E-state index contributed by atoms with van der Waals surface area (Å²) in [5.74, 6) is 0.0875. The number of fused-ring (bicyclic) bond motifs is 2. The molecule has 0 spiro atoms. The first-order valence-electron chi connectivity index (χ1n) is 11.1. The Balaban J connectivity index is 1.53. The summed E-state index contributed by atoms with van der Waals surface area (Å²) in [7, 11) is 0. The number of carbonyl (C=O) groups is 1. The highest BCUT2D eigenvalue weighted by atomic mass is 32.1. The summed E-state index contributed by atoms with van der Waals surface area (Å²) in [6, 6.07) is 11.1. The quantitative estimate of drug-likeness (QED) is 0.330. The highest BCUT2D eigenvalue weighted by Gasteiger charge is 2.20. The molecule has 1 amide bonds. The molecule has 5 rings (SSSR count). The second-order valence-corrected chi connectivity index (χ2v) is 10.1. The topological polar surface area (TPSA) is 126 Å². The smallest absolute Gasteiger partial charge is 0.269 e. The van der Waals surface area contributed by atoms with Crippen molar-refractivity contribution >= 4 is 45.3 Å². The van der Waals surface area contributed by atoms with Gasteiger partial charge in [-0.1, -0.05) is 0 Å². The molecule has 0 saturated carbocycles. The zero-order valence-electron chi connectivity index (χ0n) is 19.5. The van der Waals surface area contributed by atoms with Crippen molar-refractivity contribution in [3.05, 3.63) is 69.7 Å². The van der Waals surface area contributed by atoms with Gasteiger partial charge in [-0.25, -0.2) is 9.97 Å². The minimum atomic E-state index is -0.901. The van der Waals surface area contributed by atoms with Crippen LogP contribution in [0.25, 0.3) is 32.5 Å². The van der Waals surface area contributed by atoms with Crippen LogP contribution in [0.2, 0.25) is 0 Å². The SMILES string of the molecule is Cc1nc2cc3c(cc2[nH]c1=O)nc(NC(=O)c1ccc(-c2ccncc2)s1)n3CCC(C)(C)O. The molecule has 9 nitrogen and oxygen atoms in total. The van der Waals surface area contributed by atoms with E-state index in [9.17, 15) is 14.7 Å². The van der Waals surface area contributed by atoms with Crippen LogP contribution in [0, 0.1) is 6.92 Å². The summed E-state index contributed by atoms with van der Waals surface area (Å²) >= 11 is 1.38. The van der Waals surface area contributed by atoms with Crippen LogP contribution >= 0.6 is 11.3 Å². The lowest BCUT2D eigenvalue weighted by atomic mass is 10.1. The number of anilines is 1. The zero-order chi connectivity index (χ0) is 24.7. The van der Waals surface area contributed by atoms with Crippen molar-refractivity contribution in [1.82, 2.24) is 24.5 Å². The van der Waals surface area contributed by atoms with Crippen molar-refractivity contribution in [2.75, 3.05) is 5.32 Å². The normalized spacial score (nSPS) is 11.9. The molecule has 0 aliphatic rings. The molecular weight excluding hydrogens is 464 g/mol. The van der Waals surface area contributed by atoms with Crippen molar-refractivity contribution in [3.8, 4) is 10.4 Å². The molecule has 0 atom stereocenters. The second-order valence-electron chi connectivity index (χ2n) is 9.01. The molecule has 3 N–H and O–H groups in total. The van der Waals surface area contributed by atoms with E-state index in [-0.39, 0.29) is 11.5 Å². The molecule has 0 fully saturated rings. The van der Waals surface area contributed by atoms with Crippen LogP contribution in [0.3, 0.4) is 0 Å². The van der Waals surface area contributed by atoms with E-state index in [1.54, 1.807) is 45.3 Å². The Morgan fingerprint density at radius 1 is 1.14 bits per heavy atom. The molecule has 35 heavy (non-hydrogen) atoms. The molecule has 178 valence electrons. The number of nitrogens with one attached hydrogen (secondary N) is 2. The van der Waals surface area contributed by atoms with Crippen LogP contribution < -0.4 is 10.9 Å². The molecule has 0 aliphatic heterocycles. The number of aliphatic hydroxyl groups is 1. The van der Waals surface area contributed by atoms with Crippen molar-refractivity contribution in [2.45, 2.75) is 39.3 Å². The Morgan fingerprint density at radius 2 is 1.91 bits per heavy atom. The van der Waals surface area contributed by atoms with Crippen molar-refractivity contribution in [2.24, 2.45) is 0 Å². The van der Waals surface area contributed by atoms with Crippen LogP contribution in [0.1, 0.15) is 35.6 Å². The van der Waals surface area contributed by atoms with E-state index in [0.717, 1.165) is 16.0 Å². The summed E-state index contributed by atoms with van der Waals surface area (Å²) in [6.07, 6.45) is 3.88. The predicted octanol–water partition coefficient (Wildman–Crippen LogP) is 4.12. The standard InChI is InChI=1S/C25H24N6O3S/c1-14-22(32)28-16-12-18-19(13-17(16)27-14)31(11-8-25(2,3)34)24(29-18)30-23(33)21-5-4-20(35-21)15-6-9-26-10-7-15/h4-7,9-10,12-13,34H,8,11H2,1-3H3,(H,28,32)(H,29,30,33). The molecule has 4 heterocycles. The number of aromatic nitrogens is 5. The number of aryl methyl sites for hydroxylation is 2. The van der Waals surface area contributed by atoms with Gasteiger partial charge in [0.25, 0.3) is 11.5 Å². The number of H-pyrrole nitrogens is 1. The largest absolute Gasteiger partial charge is 0.390 e. The van der Waals surface area contributed by atoms with E-state index >= 15 is 0 Å². The molecule has 0 radical (unpaired) electrons. The monoisotopic (exact) mass is 488 g/mol. The summed E-state index contributed by atoms with van der Waals surface area (Å²) in [4.78, 5) is 42.6. The summed E-state index contributed by atoms with van der Waals surface area (Å²) < 4.78 is 1.87. The number of carbonyl (C=O) groups excluding carboxylic acids is 1. The van der Waals surface area contributed by atoms with E-state index in [4.69, 9.17) is 0 Å². The van der Waals surface area contributed by atoms with E-state index in [0.29, 0.717) is 46.0 Å². The third-order valence-corrected chi connectivity index (χ3v) is 6.83. The fourth-order valence-electron chi connectivity index (χ4n) is 3.80. The number of hydrogen-bond acceptors (Lipinski definition) is 7. The van der Waals surface area contributed by atoms with Gasteiger partial charge in [0, 0.05) is 23.8 Å². The molecule has 0 bridgehead atoms. The lowest BCUT2D eigenvalue weighted by molar-refractivity contribution is 0.0667. The van der Waals surface area contributed by atoms with Crippen molar-refractivity contribution < 1.29 is 9.90 Å². The number of imidazole rings is 1. The van der Waals surface area contributed by atoms with Gasteiger partial charge in [-0.3, -0.25) is 19.9 Å². The number of hydrogen-bond donors (Lipinski definition) is 3. The van der Waals surface area contributed by atoms with E-state index in [1.165, 1.54) is 11.3 Å². The summed E-state index contributed by atoms with van der Waals surface area (Å²) in [5.41, 5.74) is 2.75. The molecule has 0 unspecified atom stereocenters. The third-order valence-electron chi connectivity index (χ3n) is 5.70. The fourth-order valence-corrected chi connectivity index (χ4v) is 4.71. The molecule has 0 aliphatic carbocycles. The minimum absolute atomic E-state index is 0.255. The number of amides is 1. The van der Waals surface area contributed by atoms with Gasteiger partial charge in [-0.15, -0.1) is 11.3 Å². The van der Waals surface area contributed by atoms with Gasteiger partial charge in [0.15, 0.2) is 0 Å². The number of benzene rings is 1. The van der Waals surface area contributed by atoms with E-state index in [2.05, 4.69) is 25.3 Å². The number of rotatable bonds is 6. The Kier molecular flexibility index (Phi) is 5.70. The Bertz CT molecular complexity index is 1610. The maximum absolute atomic E-state index is 13.1. The molecule has 10 heteroatoms. The van der Waals surface area contributed by atoms with E-state index in [1.807, 2.05) is 28.8 Å².